The number of hydrogen-bond acceptors (Lipinski definition) is 4. The molecular weight excluding hydrogens is 212 g/mol. The quantitative estimate of drug-likeness (QED) is 0.585. The van der Waals surface area contributed by atoms with Crippen molar-refractivity contribution in [1.82, 2.24) is 5.48 Å². The van der Waals surface area contributed by atoms with Crippen LogP contribution in [0.15, 0.2) is 24.3 Å². The Morgan fingerprint density at radius 3 is 2.81 bits per heavy atom. The minimum Gasteiger partial charge on any atom is -0.508 e. The van der Waals surface area contributed by atoms with Crippen molar-refractivity contribution in [2.75, 3.05) is 6.61 Å². The van der Waals surface area contributed by atoms with Gasteiger partial charge in [-0.15, -0.1) is 0 Å². The van der Waals surface area contributed by atoms with Crippen molar-refractivity contribution in [2.45, 2.75) is 6.42 Å². The number of nitrogens with one attached hydrogen (secondary N) is 1. The summed E-state index contributed by atoms with van der Waals surface area (Å²) in [6.45, 7) is -0.369. The summed E-state index contributed by atoms with van der Waals surface area (Å²) in [5, 5.41) is 9.15. The Morgan fingerprint density at radius 2 is 2.19 bits per heavy atom. The number of aromatic hydroxyl groups is 1. The average Bonchev–Trinajstić information content (AvgIpc) is 2.16. The second kappa shape index (κ2) is 5.72. The number of phenolic OH excluding ortho intramolecular Hbond substituents is 1. The summed E-state index contributed by atoms with van der Waals surface area (Å²) in [5.41, 5.74) is 7.50. The van der Waals surface area contributed by atoms with E-state index in [9.17, 15) is 9.59 Å². The Morgan fingerprint density at radius 1 is 1.44 bits per heavy atom. The van der Waals surface area contributed by atoms with Gasteiger partial charge in [-0.25, -0.2) is 5.48 Å². The summed E-state index contributed by atoms with van der Waals surface area (Å²) in [7, 11) is 0. The molecule has 0 bridgehead atoms. The summed E-state index contributed by atoms with van der Waals surface area (Å²) in [6.07, 6.45) is 0.0488. The molecule has 1 aromatic rings. The van der Waals surface area contributed by atoms with Gasteiger partial charge in [-0.3, -0.25) is 14.4 Å². The molecule has 6 nitrogen and oxygen atoms in total. The lowest BCUT2D eigenvalue weighted by molar-refractivity contribution is -0.137. The lowest BCUT2D eigenvalue weighted by atomic mass is 10.1. The zero-order valence-corrected chi connectivity index (χ0v) is 8.47. The first-order valence-electron chi connectivity index (χ1n) is 4.55. The molecule has 4 N–H and O–H groups in total. The maximum Gasteiger partial charge on any atom is 0.247 e. The minimum absolute atomic E-state index is 0.0488. The Hall–Kier alpha value is -2.08. The number of hydrogen-bond donors (Lipinski definition) is 3. The van der Waals surface area contributed by atoms with Crippen LogP contribution >= 0.6 is 0 Å². The molecule has 0 aromatic heterocycles. The van der Waals surface area contributed by atoms with Crippen LogP contribution in [0.5, 0.6) is 5.75 Å². The second-order valence-electron chi connectivity index (χ2n) is 3.13. The van der Waals surface area contributed by atoms with Crippen LogP contribution in [-0.4, -0.2) is 23.5 Å². The zero-order chi connectivity index (χ0) is 12.0. The third-order valence-corrected chi connectivity index (χ3v) is 1.68. The number of carbonyl (C=O) groups excluding carboxylic acids is 2. The van der Waals surface area contributed by atoms with E-state index in [1.807, 2.05) is 0 Å². The molecule has 0 radical (unpaired) electrons. The molecule has 6 heteroatoms. The van der Waals surface area contributed by atoms with E-state index in [0.717, 1.165) is 0 Å². The van der Waals surface area contributed by atoms with Crippen molar-refractivity contribution in [3.63, 3.8) is 0 Å². The first kappa shape index (κ1) is 12.0. The van der Waals surface area contributed by atoms with E-state index in [4.69, 9.17) is 10.8 Å². The predicted molar refractivity (Wildman–Crippen MR) is 55.1 cm³/mol. The molecule has 0 saturated carbocycles. The van der Waals surface area contributed by atoms with Crippen molar-refractivity contribution in [2.24, 2.45) is 5.73 Å². The first-order valence-corrected chi connectivity index (χ1v) is 4.55. The van der Waals surface area contributed by atoms with Gasteiger partial charge in [0, 0.05) is 0 Å². The van der Waals surface area contributed by atoms with E-state index >= 15 is 0 Å². The van der Waals surface area contributed by atoms with Crippen LogP contribution in [0.4, 0.5) is 0 Å². The van der Waals surface area contributed by atoms with Gasteiger partial charge in [-0.2, -0.15) is 0 Å². The van der Waals surface area contributed by atoms with E-state index in [0.29, 0.717) is 5.56 Å². The molecule has 0 saturated heterocycles. The van der Waals surface area contributed by atoms with Crippen molar-refractivity contribution < 1.29 is 19.5 Å². The number of rotatable bonds is 5. The third-order valence-electron chi connectivity index (χ3n) is 1.68. The number of carbonyl (C=O) groups is 2. The highest BCUT2D eigenvalue weighted by atomic mass is 16.7. The van der Waals surface area contributed by atoms with Crippen molar-refractivity contribution >= 4 is 11.8 Å². The molecule has 0 atom stereocenters. The third kappa shape index (κ3) is 4.43. The van der Waals surface area contributed by atoms with Crippen molar-refractivity contribution in [1.29, 1.82) is 0 Å². The van der Waals surface area contributed by atoms with Gasteiger partial charge in [0.2, 0.25) is 11.8 Å². The Labute approximate surface area is 92.0 Å². The molecule has 86 valence electrons. The van der Waals surface area contributed by atoms with Crippen LogP contribution in [0.3, 0.4) is 0 Å². The normalized spacial score (nSPS) is 9.75. The smallest absolute Gasteiger partial charge is 0.247 e. The van der Waals surface area contributed by atoms with Gasteiger partial charge in [-0.1, -0.05) is 12.1 Å². The van der Waals surface area contributed by atoms with Crippen LogP contribution in [0.2, 0.25) is 0 Å². The molecule has 0 aliphatic heterocycles. The summed E-state index contributed by atoms with van der Waals surface area (Å²) in [4.78, 5) is 26.1. The zero-order valence-electron chi connectivity index (χ0n) is 8.47. The number of phenols is 1. The topological polar surface area (TPSA) is 102 Å². The molecule has 2 amide bonds. The SMILES string of the molecule is NC(=O)CONC(=O)Cc1cccc(O)c1. The van der Waals surface area contributed by atoms with Crippen molar-refractivity contribution in [3.05, 3.63) is 29.8 Å². The van der Waals surface area contributed by atoms with Gasteiger partial charge in [0.05, 0.1) is 6.42 Å². The van der Waals surface area contributed by atoms with E-state index < -0.39 is 11.8 Å². The number of amides is 2. The predicted octanol–water partition coefficient (Wildman–Crippen LogP) is -0.532. The van der Waals surface area contributed by atoms with Gasteiger partial charge in [0.15, 0.2) is 6.61 Å². The maximum absolute atomic E-state index is 11.2. The molecule has 0 aliphatic rings. The largest absolute Gasteiger partial charge is 0.508 e. The molecule has 1 aromatic carbocycles. The Kier molecular flexibility index (Phi) is 4.28. The summed E-state index contributed by atoms with van der Waals surface area (Å²) in [5.74, 6) is -1.01. The number of nitrogens with two attached hydrogens (primary N) is 1. The highest BCUT2D eigenvalue weighted by Gasteiger charge is 2.04. The van der Waals surface area contributed by atoms with E-state index in [2.05, 4.69) is 10.3 Å². The van der Waals surface area contributed by atoms with E-state index in [-0.39, 0.29) is 18.8 Å². The summed E-state index contributed by atoms with van der Waals surface area (Å²) in [6, 6.07) is 6.29. The maximum atomic E-state index is 11.2. The molecule has 0 aliphatic carbocycles. The Balaban J connectivity index is 2.37. The second-order valence-corrected chi connectivity index (χ2v) is 3.13. The molecule has 0 fully saturated rings. The first-order chi connectivity index (χ1) is 7.58. The van der Waals surface area contributed by atoms with Gasteiger partial charge in [0.25, 0.3) is 0 Å². The Bertz CT molecular complexity index is 392. The average molecular weight is 224 g/mol. The molecule has 16 heavy (non-hydrogen) atoms. The van der Waals surface area contributed by atoms with E-state index in [1.54, 1.807) is 12.1 Å². The van der Waals surface area contributed by atoms with Gasteiger partial charge in [-0.05, 0) is 17.7 Å². The number of primary amides is 1. The molecular formula is C10H12N2O4. The van der Waals surface area contributed by atoms with Crippen LogP contribution < -0.4 is 11.2 Å². The monoisotopic (exact) mass is 224 g/mol. The fraction of sp³-hybridized carbons (Fsp3) is 0.200. The van der Waals surface area contributed by atoms with Crippen LogP contribution in [-0.2, 0) is 20.8 Å². The standard InChI is InChI=1S/C10H12N2O4/c11-9(14)6-16-12-10(15)5-7-2-1-3-8(13)4-7/h1-4,13H,5-6H2,(H2,11,14)(H,12,15). The van der Waals surface area contributed by atoms with Crippen molar-refractivity contribution in [3.8, 4) is 5.75 Å². The van der Waals surface area contributed by atoms with Gasteiger partial charge >= 0.3 is 0 Å². The highest BCUT2D eigenvalue weighted by molar-refractivity contribution is 5.78. The summed E-state index contributed by atoms with van der Waals surface area (Å²) >= 11 is 0. The molecule has 1 rings (SSSR count). The van der Waals surface area contributed by atoms with Crippen LogP contribution in [0.1, 0.15) is 5.56 Å². The van der Waals surface area contributed by atoms with Crippen LogP contribution in [0.25, 0.3) is 0 Å². The fourth-order valence-electron chi connectivity index (χ4n) is 1.08. The van der Waals surface area contributed by atoms with Gasteiger partial charge in [0.1, 0.15) is 5.75 Å². The van der Waals surface area contributed by atoms with E-state index in [1.165, 1.54) is 12.1 Å². The summed E-state index contributed by atoms with van der Waals surface area (Å²) < 4.78 is 0. The minimum atomic E-state index is -0.669. The lowest BCUT2D eigenvalue weighted by Crippen LogP contribution is -2.30. The lowest BCUT2D eigenvalue weighted by Gasteiger charge is -2.04. The number of benzene rings is 1. The number of hydroxylamine groups is 1. The molecule has 0 unspecified atom stereocenters. The fourth-order valence-corrected chi connectivity index (χ4v) is 1.08. The molecule has 0 heterocycles. The molecule has 0 spiro atoms. The highest BCUT2D eigenvalue weighted by Crippen LogP contribution is 2.10. The van der Waals surface area contributed by atoms with Gasteiger partial charge < -0.3 is 10.8 Å². The van der Waals surface area contributed by atoms with Crippen LogP contribution in [0, 0.1) is 0 Å².